The van der Waals surface area contributed by atoms with Crippen LogP contribution in [0, 0.1) is 0 Å². The van der Waals surface area contributed by atoms with Gasteiger partial charge in [0.2, 0.25) is 0 Å². The first-order valence-corrected chi connectivity index (χ1v) is 9.72. The number of fused-ring (bicyclic) bond motifs is 1. The van der Waals surface area contributed by atoms with Gasteiger partial charge in [0.05, 0.1) is 11.1 Å². The summed E-state index contributed by atoms with van der Waals surface area (Å²) in [4.78, 5) is 9.43. The lowest BCUT2D eigenvalue weighted by atomic mass is 10.0. The summed E-state index contributed by atoms with van der Waals surface area (Å²) in [6.45, 7) is 9.30. The third-order valence-electron chi connectivity index (χ3n) is 5.12. The van der Waals surface area contributed by atoms with Gasteiger partial charge in [0.15, 0.2) is 5.82 Å². The topological polar surface area (TPSA) is 70.1 Å². The van der Waals surface area contributed by atoms with Crippen molar-refractivity contribution in [3.8, 4) is 11.1 Å². The smallest absolute Gasteiger partial charge is 0.165 e. The van der Waals surface area contributed by atoms with Gasteiger partial charge in [-0.3, -0.25) is 0 Å². The predicted molar refractivity (Wildman–Crippen MR) is 120 cm³/mol. The van der Waals surface area contributed by atoms with Crippen LogP contribution in [0.2, 0.25) is 0 Å². The molecule has 1 aliphatic heterocycles. The van der Waals surface area contributed by atoms with Crippen molar-refractivity contribution in [3.63, 3.8) is 0 Å². The molecule has 1 aromatic heterocycles. The molecule has 0 saturated carbocycles. The highest BCUT2D eigenvalue weighted by atomic mass is 16.3. The van der Waals surface area contributed by atoms with Gasteiger partial charge in [-0.1, -0.05) is 55.6 Å². The average molecular weight is 384 g/mol. The molecule has 29 heavy (non-hydrogen) atoms. The fraction of sp³-hybridized carbons (Fsp3) is 0.167. The number of anilines is 1. The molecule has 2 heterocycles. The summed E-state index contributed by atoms with van der Waals surface area (Å²) in [5, 5.41) is 18.1. The number of aromatic nitrogens is 2. The van der Waals surface area contributed by atoms with E-state index >= 15 is 0 Å². The van der Waals surface area contributed by atoms with E-state index in [1.54, 1.807) is 6.08 Å². The summed E-state index contributed by atoms with van der Waals surface area (Å²) < 4.78 is 0. The van der Waals surface area contributed by atoms with Crippen LogP contribution < -0.4 is 10.6 Å². The zero-order chi connectivity index (χ0) is 20.2. The van der Waals surface area contributed by atoms with Crippen molar-refractivity contribution in [2.75, 3.05) is 18.4 Å². The van der Waals surface area contributed by atoms with Crippen LogP contribution in [-0.4, -0.2) is 34.2 Å². The second-order valence-corrected chi connectivity index (χ2v) is 7.03. The summed E-state index contributed by atoms with van der Waals surface area (Å²) in [6, 6.07) is 16.7. The Morgan fingerprint density at radius 1 is 1.07 bits per heavy atom. The number of nitrogens with zero attached hydrogens (tertiary/aromatic N) is 2. The molecule has 0 amide bonds. The van der Waals surface area contributed by atoms with Crippen molar-refractivity contribution in [1.82, 2.24) is 15.3 Å². The number of hydrogen-bond donors (Lipinski definition) is 3. The average Bonchev–Trinajstić information content (AvgIpc) is 3.27. The van der Waals surface area contributed by atoms with Crippen LogP contribution in [-0.2, 0) is 0 Å². The van der Waals surface area contributed by atoms with Crippen LogP contribution in [0.1, 0.15) is 12.2 Å². The third-order valence-corrected chi connectivity index (χ3v) is 5.12. The van der Waals surface area contributed by atoms with E-state index in [2.05, 4.69) is 53.0 Å². The normalized spacial score (nSPS) is 17.0. The monoisotopic (exact) mass is 384 g/mol. The van der Waals surface area contributed by atoms with Crippen LogP contribution in [0.4, 0.5) is 5.82 Å². The van der Waals surface area contributed by atoms with Crippen molar-refractivity contribution in [3.05, 3.63) is 85.4 Å². The number of aliphatic hydroxyl groups excluding tert-OH is 1. The van der Waals surface area contributed by atoms with Gasteiger partial charge >= 0.3 is 0 Å². The van der Waals surface area contributed by atoms with Crippen molar-refractivity contribution in [1.29, 1.82) is 0 Å². The fourth-order valence-corrected chi connectivity index (χ4v) is 3.56. The van der Waals surface area contributed by atoms with Crippen molar-refractivity contribution in [2.45, 2.75) is 12.5 Å². The maximum atomic E-state index is 10.2. The molecule has 1 aliphatic rings. The largest absolute Gasteiger partial charge is 0.507 e. The van der Waals surface area contributed by atoms with Gasteiger partial charge in [-0.15, -0.1) is 0 Å². The lowest BCUT2D eigenvalue weighted by molar-refractivity contribution is 0.435. The molecule has 1 unspecified atom stereocenters. The number of benzene rings is 2. The Labute approximate surface area is 170 Å². The van der Waals surface area contributed by atoms with Crippen LogP contribution in [0.15, 0.2) is 79.6 Å². The number of allylic oxidation sites excluding steroid dienone is 3. The molecule has 1 saturated heterocycles. The van der Waals surface area contributed by atoms with Crippen LogP contribution in [0.3, 0.4) is 0 Å². The molecule has 2 aromatic carbocycles. The van der Waals surface area contributed by atoms with E-state index in [1.165, 1.54) is 6.08 Å². The Morgan fingerprint density at radius 2 is 1.90 bits per heavy atom. The highest BCUT2D eigenvalue weighted by molar-refractivity contribution is 5.94. The Bertz CT molecular complexity index is 1080. The molecule has 1 fully saturated rings. The predicted octanol–water partition coefficient (Wildman–Crippen LogP) is 4.71. The van der Waals surface area contributed by atoms with Crippen molar-refractivity contribution >= 4 is 22.3 Å². The van der Waals surface area contributed by atoms with Gasteiger partial charge in [0.1, 0.15) is 11.6 Å². The van der Waals surface area contributed by atoms with Gasteiger partial charge in [-0.2, -0.15) is 0 Å². The number of rotatable bonds is 6. The fourth-order valence-electron chi connectivity index (χ4n) is 3.56. The van der Waals surface area contributed by atoms with Gasteiger partial charge in [-0.05, 0) is 42.3 Å². The quantitative estimate of drug-likeness (QED) is 0.424. The molecule has 0 radical (unpaired) electrons. The van der Waals surface area contributed by atoms with E-state index < -0.39 is 0 Å². The maximum Gasteiger partial charge on any atom is 0.165 e. The highest BCUT2D eigenvalue weighted by Gasteiger charge is 2.18. The minimum Gasteiger partial charge on any atom is -0.507 e. The summed E-state index contributed by atoms with van der Waals surface area (Å²) in [5.74, 6) is 1.19. The minimum absolute atomic E-state index is 0.00809. The van der Waals surface area contributed by atoms with Crippen LogP contribution in [0.5, 0.6) is 0 Å². The SMILES string of the molecule is C=C/C(O)=C(\C=C)c1nc(NC2CCNC2)c2cc(-c3ccccc3)ccc2n1. The molecule has 5 heteroatoms. The van der Waals surface area contributed by atoms with Gasteiger partial charge in [0.25, 0.3) is 0 Å². The molecule has 3 N–H and O–H groups in total. The third kappa shape index (κ3) is 3.91. The van der Waals surface area contributed by atoms with Crippen molar-refractivity contribution < 1.29 is 5.11 Å². The summed E-state index contributed by atoms with van der Waals surface area (Å²) in [5.41, 5.74) is 3.51. The molecule has 5 nitrogen and oxygen atoms in total. The molecule has 1 atom stereocenters. The number of aliphatic hydroxyl groups is 1. The molecular formula is C24H24N4O. The molecule has 4 rings (SSSR count). The zero-order valence-corrected chi connectivity index (χ0v) is 16.2. The van der Waals surface area contributed by atoms with E-state index in [1.807, 2.05) is 24.3 Å². The zero-order valence-electron chi connectivity index (χ0n) is 16.2. The minimum atomic E-state index is 0.00809. The molecule has 0 aliphatic carbocycles. The van der Waals surface area contributed by atoms with Gasteiger partial charge in [-0.25, -0.2) is 9.97 Å². The number of hydrogen-bond acceptors (Lipinski definition) is 5. The Hall–Kier alpha value is -3.44. The Balaban J connectivity index is 1.88. The number of nitrogens with one attached hydrogen (secondary N) is 2. The Morgan fingerprint density at radius 3 is 2.59 bits per heavy atom. The summed E-state index contributed by atoms with van der Waals surface area (Å²) in [7, 11) is 0. The molecule has 3 aromatic rings. The molecule has 0 bridgehead atoms. The second-order valence-electron chi connectivity index (χ2n) is 7.03. The van der Waals surface area contributed by atoms with Crippen molar-refractivity contribution in [2.24, 2.45) is 0 Å². The van der Waals surface area contributed by atoms with Gasteiger partial charge in [0, 0.05) is 18.0 Å². The highest BCUT2D eigenvalue weighted by Crippen LogP contribution is 2.30. The standard InChI is InChI=1S/C24H24N4O/c1-3-19(22(29)4-2)23-27-21-11-10-17(16-8-6-5-7-9-16)14-20(21)24(28-23)26-18-12-13-25-15-18/h3-11,14,18,25,29H,1-2,12-13,15H2,(H,26,27,28)/b22-19-. The first-order chi connectivity index (χ1) is 14.2. The lowest BCUT2D eigenvalue weighted by Crippen LogP contribution is -2.23. The lowest BCUT2D eigenvalue weighted by Gasteiger charge is -2.16. The van der Waals surface area contributed by atoms with E-state index in [9.17, 15) is 5.11 Å². The first-order valence-electron chi connectivity index (χ1n) is 9.72. The van der Waals surface area contributed by atoms with E-state index in [0.29, 0.717) is 17.4 Å². The van der Waals surface area contributed by atoms with Gasteiger partial charge < -0.3 is 15.7 Å². The maximum absolute atomic E-state index is 10.2. The van der Waals surface area contributed by atoms with Crippen LogP contribution >= 0.6 is 0 Å². The summed E-state index contributed by atoms with van der Waals surface area (Å²) >= 11 is 0. The summed E-state index contributed by atoms with van der Waals surface area (Å²) in [6.07, 6.45) is 3.95. The van der Waals surface area contributed by atoms with E-state index in [-0.39, 0.29) is 5.76 Å². The van der Waals surface area contributed by atoms with Crippen LogP contribution in [0.25, 0.3) is 27.6 Å². The van der Waals surface area contributed by atoms with E-state index in [0.717, 1.165) is 47.4 Å². The first kappa shape index (κ1) is 18.9. The molecule has 0 spiro atoms. The Kier molecular flexibility index (Phi) is 5.40. The second kappa shape index (κ2) is 8.29. The van der Waals surface area contributed by atoms with E-state index in [4.69, 9.17) is 4.98 Å². The molecular weight excluding hydrogens is 360 g/mol. The molecule has 146 valence electrons.